The summed E-state index contributed by atoms with van der Waals surface area (Å²) in [5.41, 5.74) is 3.72. The summed E-state index contributed by atoms with van der Waals surface area (Å²) < 4.78 is 10.4. The van der Waals surface area contributed by atoms with Crippen LogP contribution in [0, 0.1) is 0 Å². The number of nitrogens with one attached hydrogen (secondary N) is 1. The fourth-order valence-electron chi connectivity index (χ4n) is 4.08. The van der Waals surface area contributed by atoms with Gasteiger partial charge in [-0.15, -0.1) is 0 Å². The number of hydrogen-bond donors (Lipinski definition) is 1. The molecule has 0 radical (unpaired) electrons. The minimum atomic E-state index is -0.467. The van der Waals surface area contributed by atoms with Gasteiger partial charge in [0.25, 0.3) is 5.91 Å². The summed E-state index contributed by atoms with van der Waals surface area (Å²) >= 11 is 0. The number of hydrogen-bond acceptors (Lipinski definition) is 5. The SMILES string of the molecule is CCOC(=O)CCc1cccc(NC(=O)c2cc(-c3cccc(OC(=O)N(C)C)c3)cc3ccccc23)c1. The van der Waals surface area contributed by atoms with Crippen molar-refractivity contribution in [2.75, 3.05) is 26.0 Å². The van der Waals surface area contributed by atoms with Crippen LogP contribution in [0.1, 0.15) is 29.3 Å². The molecule has 0 saturated heterocycles. The van der Waals surface area contributed by atoms with E-state index in [0.29, 0.717) is 30.0 Å². The van der Waals surface area contributed by atoms with Crippen molar-refractivity contribution < 1.29 is 23.9 Å². The Labute approximate surface area is 222 Å². The van der Waals surface area contributed by atoms with Crippen LogP contribution in [0.15, 0.2) is 84.9 Å². The van der Waals surface area contributed by atoms with Crippen molar-refractivity contribution >= 4 is 34.4 Å². The third kappa shape index (κ3) is 6.56. The van der Waals surface area contributed by atoms with Crippen LogP contribution in [0.3, 0.4) is 0 Å². The Morgan fingerprint density at radius 3 is 2.42 bits per heavy atom. The summed E-state index contributed by atoms with van der Waals surface area (Å²) in [4.78, 5) is 38.6. The first kappa shape index (κ1) is 26.4. The minimum absolute atomic E-state index is 0.245. The van der Waals surface area contributed by atoms with E-state index in [-0.39, 0.29) is 18.3 Å². The highest BCUT2D eigenvalue weighted by Gasteiger charge is 2.15. The highest BCUT2D eigenvalue weighted by atomic mass is 16.6. The number of carbonyl (C=O) groups excluding carboxylic acids is 3. The third-order valence-corrected chi connectivity index (χ3v) is 5.95. The van der Waals surface area contributed by atoms with Gasteiger partial charge in [-0.05, 0) is 77.2 Å². The second-order valence-electron chi connectivity index (χ2n) is 8.99. The molecule has 0 bridgehead atoms. The molecule has 4 rings (SSSR count). The normalized spacial score (nSPS) is 10.6. The number of fused-ring (bicyclic) bond motifs is 1. The fraction of sp³-hybridized carbons (Fsp3) is 0.194. The molecule has 0 aromatic heterocycles. The molecule has 0 heterocycles. The van der Waals surface area contributed by atoms with E-state index in [1.807, 2.05) is 72.8 Å². The summed E-state index contributed by atoms with van der Waals surface area (Å²) in [6.45, 7) is 2.14. The summed E-state index contributed by atoms with van der Waals surface area (Å²) in [5.74, 6) is -0.0773. The van der Waals surface area contributed by atoms with E-state index in [4.69, 9.17) is 9.47 Å². The number of amides is 2. The number of rotatable bonds is 8. The van der Waals surface area contributed by atoms with Gasteiger partial charge in [-0.25, -0.2) is 4.79 Å². The number of benzene rings is 4. The molecule has 194 valence electrons. The number of anilines is 1. The molecular formula is C31H30N2O5. The van der Waals surface area contributed by atoms with E-state index < -0.39 is 6.09 Å². The maximum absolute atomic E-state index is 13.5. The summed E-state index contributed by atoms with van der Waals surface area (Å²) in [6.07, 6.45) is 0.335. The zero-order chi connectivity index (χ0) is 27.1. The van der Waals surface area contributed by atoms with E-state index >= 15 is 0 Å². The van der Waals surface area contributed by atoms with Crippen LogP contribution in [0.4, 0.5) is 10.5 Å². The molecule has 0 atom stereocenters. The third-order valence-electron chi connectivity index (χ3n) is 5.95. The molecule has 7 nitrogen and oxygen atoms in total. The number of aryl methyl sites for hydroxylation is 1. The first-order valence-electron chi connectivity index (χ1n) is 12.4. The lowest BCUT2D eigenvalue weighted by Gasteiger charge is -2.14. The number of nitrogens with zero attached hydrogens (tertiary/aromatic N) is 1. The lowest BCUT2D eigenvalue weighted by Crippen LogP contribution is -2.25. The maximum Gasteiger partial charge on any atom is 0.414 e. The van der Waals surface area contributed by atoms with Gasteiger partial charge in [-0.1, -0.05) is 48.5 Å². The van der Waals surface area contributed by atoms with Gasteiger partial charge in [0.2, 0.25) is 0 Å². The monoisotopic (exact) mass is 510 g/mol. The van der Waals surface area contributed by atoms with Gasteiger partial charge in [0, 0.05) is 31.8 Å². The van der Waals surface area contributed by atoms with Crippen LogP contribution < -0.4 is 10.1 Å². The number of ether oxygens (including phenoxy) is 2. The smallest absolute Gasteiger partial charge is 0.414 e. The predicted molar refractivity (Wildman–Crippen MR) is 148 cm³/mol. The summed E-state index contributed by atoms with van der Waals surface area (Å²) in [7, 11) is 3.24. The van der Waals surface area contributed by atoms with Crippen molar-refractivity contribution in [1.82, 2.24) is 4.90 Å². The van der Waals surface area contributed by atoms with Crippen molar-refractivity contribution in [3.63, 3.8) is 0 Å². The molecule has 0 fully saturated rings. The van der Waals surface area contributed by atoms with Gasteiger partial charge in [0.05, 0.1) is 6.61 Å². The lowest BCUT2D eigenvalue weighted by atomic mass is 9.96. The Kier molecular flexibility index (Phi) is 8.38. The Balaban J connectivity index is 1.62. The highest BCUT2D eigenvalue weighted by molar-refractivity contribution is 6.14. The minimum Gasteiger partial charge on any atom is -0.466 e. The van der Waals surface area contributed by atoms with Crippen LogP contribution in [0.25, 0.3) is 21.9 Å². The van der Waals surface area contributed by atoms with Gasteiger partial charge in [0.1, 0.15) is 5.75 Å². The number of esters is 1. The molecule has 4 aromatic carbocycles. The zero-order valence-corrected chi connectivity index (χ0v) is 21.7. The van der Waals surface area contributed by atoms with Crippen molar-refractivity contribution in [2.24, 2.45) is 0 Å². The van der Waals surface area contributed by atoms with E-state index in [1.165, 1.54) is 4.90 Å². The Morgan fingerprint density at radius 2 is 1.63 bits per heavy atom. The van der Waals surface area contributed by atoms with Crippen molar-refractivity contribution in [3.8, 4) is 16.9 Å². The lowest BCUT2D eigenvalue weighted by molar-refractivity contribution is -0.143. The van der Waals surface area contributed by atoms with Gasteiger partial charge >= 0.3 is 12.1 Å². The average molecular weight is 511 g/mol. The predicted octanol–water partition coefficient (Wildman–Crippen LogP) is 6.32. The van der Waals surface area contributed by atoms with Gasteiger partial charge in [-0.3, -0.25) is 9.59 Å². The van der Waals surface area contributed by atoms with Gasteiger partial charge < -0.3 is 19.7 Å². The average Bonchev–Trinajstić information content (AvgIpc) is 2.91. The summed E-state index contributed by atoms with van der Waals surface area (Å²) in [6, 6.07) is 26.2. The molecule has 7 heteroatoms. The quantitative estimate of drug-likeness (QED) is 0.281. The fourth-order valence-corrected chi connectivity index (χ4v) is 4.08. The largest absolute Gasteiger partial charge is 0.466 e. The number of carbonyl (C=O) groups is 3. The topological polar surface area (TPSA) is 84.9 Å². The van der Waals surface area contributed by atoms with Crippen molar-refractivity contribution in [2.45, 2.75) is 19.8 Å². The van der Waals surface area contributed by atoms with Crippen LogP contribution in [-0.4, -0.2) is 43.6 Å². The Morgan fingerprint density at radius 1 is 0.842 bits per heavy atom. The van der Waals surface area contributed by atoms with Crippen LogP contribution >= 0.6 is 0 Å². The molecule has 0 unspecified atom stereocenters. The molecule has 1 N–H and O–H groups in total. The zero-order valence-electron chi connectivity index (χ0n) is 21.7. The standard InChI is InChI=1S/C31H30N2O5/c1-4-37-29(34)16-15-21-9-7-12-25(17-21)32-30(35)28-20-24(18-23-10-5-6-14-27(23)28)22-11-8-13-26(19-22)38-31(36)33(2)3/h5-14,17-20H,4,15-16H2,1-3H3,(H,32,35). The molecule has 0 aliphatic carbocycles. The highest BCUT2D eigenvalue weighted by Crippen LogP contribution is 2.30. The van der Waals surface area contributed by atoms with E-state index in [1.54, 1.807) is 33.2 Å². The molecule has 0 aliphatic rings. The Bertz CT molecular complexity index is 1480. The van der Waals surface area contributed by atoms with Crippen LogP contribution in [-0.2, 0) is 16.0 Å². The molecular weight excluding hydrogens is 480 g/mol. The van der Waals surface area contributed by atoms with E-state index in [2.05, 4.69) is 5.32 Å². The van der Waals surface area contributed by atoms with Crippen LogP contribution in [0.5, 0.6) is 5.75 Å². The van der Waals surface area contributed by atoms with Crippen molar-refractivity contribution in [1.29, 1.82) is 0 Å². The van der Waals surface area contributed by atoms with Gasteiger partial charge in [-0.2, -0.15) is 0 Å². The second kappa shape index (κ2) is 12.1. The first-order valence-corrected chi connectivity index (χ1v) is 12.4. The van der Waals surface area contributed by atoms with Crippen LogP contribution in [0.2, 0.25) is 0 Å². The molecule has 38 heavy (non-hydrogen) atoms. The first-order chi connectivity index (χ1) is 18.3. The molecule has 4 aromatic rings. The molecule has 0 spiro atoms. The molecule has 2 amide bonds. The Hall–Kier alpha value is -4.65. The molecule has 0 aliphatic heterocycles. The maximum atomic E-state index is 13.5. The van der Waals surface area contributed by atoms with E-state index in [0.717, 1.165) is 27.5 Å². The van der Waals surface area contributed by atoms with E-state index in [9.17, 15) is 14.4 Å². The second-order valence-corrected chi connectivity index (χ2v) is 8.99. The van der Waals surface area contributed by atoms with Crippen molar-refractivity contribution in [3.05, 3.63) is 96.1 Å². The molecule has 0 saturated carbocycles. The van der Waals surface area contributed by atoms with Gasteiger partial charge in [0.15, 0.2) is 0 Å². The summed E-state index contributed by atoms with van der Waals surface area (Å²) in [5, 5.41) is 4.74.